The SMILES string of the molecule is Cl.O=C1O[C@]2(CC[C@H](c3nc4cc(-n5ncccc5=O)ccc4[nH]3)CC2)CN1c1ccccc1F. The van der Waals surface area contributed by atoms with Gasteiger partial charge in [0.05, 0.1) is 29.0 Å². The zero-order valence-electron chi connectivity index (χ0n) is 18.7. The minimum atomic E-state index is -0.602. The smallest absolute Gasteiger partial charge is 0.415 e. The molecule has 1 saturated heterocycles. The molecule has 10 heteroatoms. The van der Waals surface area contributed by atoms with E-state index in [-0.39, 0.29) is 29.6 Å². The van der Waals surface area contributed by atoms with Crippen molar-refractivity contribution in [2.45, 2.75) is 37.2 Å². The molecule has 2 aromatic heterocycles. The number of aromatic nitrogens is 4. The average Bonchev–Trinajstić information content (AvgIpc) is 3.40. The van der Waals surface area contributed by atoms with Gasteiger partial charge in [-0.2, -0.15) is 9.78 Å². The number of nitrogens with one attached hydrogen (secondary N) is 1. The van der Waals surface area contributed by atoms with Crippen molar-refractivity contribution in [2.75, 3.05) is 11.4 Å². The lowest BCUT2D eigenvalue weighted by atomic mass is 9.78. The van der Waals surface area contributed by atoms with E-state index in [1.54, 1.807) is 30.5 Å². The lowest BCUT2D eigenvalue weighted by molar-refractivity contribution is 0.0208. The van der Waals surface area contributed by atoms with E-state index in [1.165, 1.54) is 21.7 Å². The molecule has 1 amide bonds. The van der Waals surface area contributed by atoms with Gasteiger partial charge in [-0.3, -0.25) is 9.69 Å². The summed E-state index contributed by atoms with van der Waals surface area (Å²) in [6, 6.07) is 14.9. The number of rotatable bonds is 3. The molecular weight excluding hydrogens is 473 g/mol. The Balaban J connectivity index is 0.00000253. The van der Waals surface area contributed by atoms with E-state index in [1.807, 2.05) is 18.2 Å². The Kier molecular flexibility index (Phi) is 5.80. The summed E-state index contributed by atoms with van der Waals surface area (Å²) in [5.41, 5.74) is 1.77. The number of hydrogen-bond acceptors (Lipinski definition) is 5. The second kappa shape index (κ2) is 8.81. The zero-order valence-corrected chi connectivity index (χ0v) is 19.5. The predicted octanol–water partition coefficient (Wildman–Crippen LogP) is 4.72. The fourth-order valence-electron chi connectivity index (χ4n) is 5.05. The Morgan fingerprint density at radius 3 is 2.63 bits per heavy atom. The van der Waals surface area contributed by atoms with Gasteiger partial charge in [0.2, 0.25) is 0 Å². The van der Waals surface area contributed by atoms with Crippen molar-refractivity contribution in [3.05, 3.63) is 82.8 Å². The van der Waals surface area contributed by atoms with Crippen molar-refractivity contribution in [3.8, 4) is 5.69 Å². The highest BCUT2D eigenvalue weighted by atomic mass is 35.5. The van der Waals surface area contributed by atoms with Crippen LogP contribution in [0.4, 0.5) is 14.9 Å². The molecule has 2 aliphatic rings. The van der Waals surface area contributed by atoms with Crippen LogP contribution >= 0.6 is 12.4 Å². The number of nitrogens with zero attached hydrogens (tertiary/aromatic N) is 4. The first-order chi connectivity index (χ1) is 16.5. The van der Waals surface area contributed by atoms with E-state index >= 15 is 0 Å². The maximum atomic E-state index is 14.2. The first-order valence-corrected chi connectivity index (χ1v) is 11.3. The number of ether oxygens (including phenoxy) is 1. The highest BCUT2D eigenvalue weighted by Gasteiger charge is 2.48. The molecule has 180 valence electrons. The number of carbonyl (C=O) groups excluding carboxylic acids is 1. The maximum absolute atomic E-state index is 14.2. The standard InChI is InChI=1S/C25H22FN5O3.ClH/c26-18-4-1-2-5-21(18)30-15-25(34-24(30)33)11-9-16(10-12-25)23-28-19-8-7-17(14-20(19)29-23)31-22(32)6-3-13-27-31;/h1-8,13-14,16H,9-12,15H2,(H,28,29);1H/t16-,25-;. The molecule has 6 rings (SSSR count). The summed E-state index contributed by atoms with van der Waals surface area (Å²) >= 11 is 0. The first kappa shape index (κ1) is 23.0. The van der Waals surface area contributed by atoms with Crippen LogP contribution in [0.3, 0.4) is 0 Å². The highest BCUT2D eigenvalue weighted by Crippen LogP contribution is 2.44. The van der Waals surface area contributed by atoms with Gasteiger partial charge in [0.25, 0.3) is 5.56 Å². The predicted molar refractivity (Wildman–Crippen MR) is 131 cm³/mol. The number of carbonyl (C=O) groups is 1. The molecule has 4 aromatic rings. The minimum absolute atomic E-state index is 0. The molecule has 3 heterocycles. The molecule has 1 spiro atoms. The Bertz CT molecular complexity index is 1460. The second-order valence-electron chi connectivity index (χ2n) is 8.96. The van der Waals surface area contributed by atoms with Crippen molar-refractivity contribution < 1.29 is 13.9 Å². The van der Waals surface area contributed by atoms with Crippen LogP contribution in [0.15, 0.2) is 65.6 Å². The van der Waals surface area contributed by atoms with Gasteiger partial charge in [0, 0.05) is 18.2 Å². The third-order valence-electron chi connectivity index (χ3n) is 6.84. The van der Waals surface area contributed by atoms with Crippen LogP contribution in [0, 0.1) is 5.82 Å². The summed E-state index contributed by atoms with van der Waals surface area (Å²) in [4.78, 5) is 34.2. The molecule has 8 nitrogen and oxygen atoms in total. The van der Waals surface area contributed by atoms with Crippen LogP contribution in [0.1, 0.15) is 37.4 Å². The van der Waals surface area contributed by atoms with Crippen molar-refractivity contribution in [3.63, 3.8) is 0 Å². The van der Waals surface area contributed by atoms with Gasteiger partial charge in [-0.15, -0.1) is 12.4 Å². The van der Waals surface area contributed by atoms with E-state index < -0.39 is 17.5 Å². The molecule has 0 bridgehead atoms. The second-order valence-corrected chi connectivity index (χ2v) is 8.96. The van der Waals surface area contributed by atoms with Gasteiger partial charge in [0.15, 0.2) is 0 Å². The van der Waals surface area contributed by atoms with Crippen molar-refractivity contribution in [1.82, 2.24) is 19.7 Å². The average molecular weight is 496 g/mol. The van der Waals surface area contributed by atoms with E-state index in [0.29, 0.717) is 25.1 Å². The summed E-state index contributed by atoms with van der Waals surface area (Å²) in [5.74, 6) is 0.644. The highest BCUT2D eigenvalue weighted by molar-refractivity contribution is 5.90. The van der Waals surface area contributed by atoms with E-state index in [4.69, 9.17) is 9.72 Å². The van der Waals surface area contributed by atoms with Crippen LogP contribution in [-0.4, -0.2) is 38.0 Å². The molecule has 0 unspecified atom stereocenters. The number of para-hydroxylation sites is 1. The number of imidazole rings is 1. The van der Waals surface area contributed by atoms with E-state index in [0.717, 1.165) is 29.7 Å². The summed E-state index contributed by atoms with van der Waals surface area (Å²) in [6.07, 6.45) is 4.03. The summed E-state index contributed by atoms with van der Waals surface area (Å²) < 4.78 is 21.4. The normalized spacial score (nSPS) is 21.8. The van der Waals surface area contributed by atoms with Gasteiger partial charge in [-0.05, 0) is 62.1 Å². The topological polar surface area (TPSA) is 93.1 Å². The number of halogens is 2. The maximum Gasteiger partial charge on any atom is 0.415 e. The zero-order chi connectivity index (χ0) is 23.3. The van der Waals surface area contributed by atoms with E-state index in [9.17, 15) is 14.0 Å². The Labute approximate surface area is 206 Å². The number of H-pyrrole nitrogens is 1. The summed E-state index contributed by atoms with van der Waals surface area (Å²) in [6.45, 7) is 0.349. The fourth-order valence-corrected chi connectivity index (χ4v) is 5.05. The molecule has 1 saturated carbocycles. The van der Waals surface area contributed by atoms with Crippen LogP contribution in [-0.2, 0) is 4.74 Å². The molecule has 1 N–H and O–H groups in total. The third-order valence-corrected chi connectivity index (χ3v) is 6.84. The quantitative estimate of drug-likeness (QED) is 0.444. The Morgan fingerprint density at radius 1 is 1.06 bits per heavy atom. The number of anilines is 1. The minimum Gasteiger partial charge on any atom is -0.441 e. The fraction of sp³-hybridized carbons (Fsp3) is 0.280. The molecule has 0 atom stereocenters. The van der Waals surface area contributed by atoms with Gasteiger partial charge < -0.3 is 9.72 Å². The molecule has 1 aliphatic carbocycles. The van der Waals surface area contributed by atoms with Gasteiger partial charge in [-0.1, -0.05) is 12.1 Å². The van der Waals surface area contributed by atoms with Crippen LogP contribution in [0.5, 0.6) is 0 Å². The molecule has 35 heavy (non-hydrogen) atoms. The summed E-state index contributed by atoms with van der Waals surface area (Å²) in [7, 11) is 0. The molecule has 2 aromatic carbocycles. The van der Waals surface area contributed by atoms with Crippen molar-refractivity contribution in [1.29, 1.82) is 0 Å². The Morgan fingerprint density at radius 2 is 1.86 bits per heavy atom. The molecule has 1 aliphatic heterocycles. The van der Waals surface area contributed by atoms with Crippen LogP contribution in [0.25, 0.3) is 16.7 Å². The largest absolute Gasteiger partial charge is 0.441 e. The number of amides is 1. The summed E-state index contributed by atoms with van der Waals surface area (Å²) in [5, 5.41) is 4.13. The van der Waals surface area contributed by atoms with Gasteiger partial charge in [-0.25, -0.2) is 14.2 Å². The lowest BCUT2D eigenvalue weighted by Gasteiger charge is -2.34. The first-order valence-electron chi connectivity index (χ1n) is 11.3. The van der Waals surface area contributed by atoms with Gasteiger partial charge >= 0.3 is 6.09 Å². The van der Waals surface area contributed by atoms with Gasteiger partial charge in [0.1, 0.15) is 17.2 Å². The van der Waals surface area contributed by atoms with Crippen LogP contribution in [0.2, 0.25) is 0 Å². The van der Waals surface area contributed by atoms with E-state index in [2.05, 4.69) is 10.1 Å². The van der Waals surface area contributed by atoms with Crippen molar-refractivity contribution in [2.24, 2.45) is 0 Å². The molecular formula is C25H23ClFN5O3. The molecule has 0 radical (unpaired) electrons. The third kappa shape index (κ3) is 4.05. The van der Waals surface area contributed by atoms with Crippen molar-refractivity contribution >= 4 is 35.2 Å². The number of aromatic amines is 1. The lowest BCUT2D eigenvalue weighted by Crippen LogP contribution is -2.38. The number of fused-ring (bicyclic) bond motifs is 1. The molecule has 2 fully saturated rings. The monoisotopic (exact) mass is 495 g/mol. The van der Waals surface area contributed by atoms with Crippen LogP contribution < -0.4 is 10.5 Å². The number of benzene rings is 2. The Hall–Kier alpha value is -3.72. The number of hydrogen-bond donors (Lipinski definition) is 1.